The first kappa shape index (κ1) is 19.9. The van der Waals surface area contributed by atoms with Gasteiger partial charge in [0.1, 0.15) is 12.4 Å². The normalized spacial score (nSPS) is 19.1. The van der Waals surface area contributed by atoms with Gasteiger partial charge in [-0.3, -0.25) is 14.2 Å². The number of nitrogens with zero attached hydrogens (tertiary/aromatic N) is 5. The fraction of sp³-hybridized carbons (Fsp3) is 0.500. The Morgan fingerprint density at radius 2 is 1.69 bits per heavy atom. The molecule has 1 aromatic carbocycles. The molecule has 0 saturated carbocycles. The Morgan fingerprint density at radius 3 is 2.38 bits per heavy atom. The third-order valence-electron chi connectivity index (χ3n) is 5.40. The van der Waals surface area contributed by atoms with Gasteiger partial charge in [0.25, 0.3) is 15.8 Å². The van der Waals surface area contributed by atoms with E-state index in [4.69, 9.17) is 0 Å². The molecule has 2 aliphatic rings. The number of rotatable bonds is 4. The summed E-state index contributed by atoms with van der Waals surface area (Å²) >= 11 is 0. The molecule has 156 valence electrons. The highest BCUT2D eigenvalue weighted by molar-refractivity contribution is 7.86. The van der Waals surface area contributed by atoms with E-state index in [9.17, 15) is 22.4 Å². The number of fused-ring (bicyclic) bond motifs is 1. The second kappa shape index (κ2) is 7.81. The van der Waals surface area contributed by atoms with Gasteiger partial charge in [-0.2, -0.15) is 17.0 Å². The molecule has 0 radical (unpaired) electrons. The number of carbonyl (C=O) groups is 1. The molecule has 4 rings (SSSR count). The average Bonchev–Trinajstić information content (AvgIpc) is 3.26. The van der Waals surface area contributed by atoms with Crippen molar-refractivity contribution in [2.24, 2.45) is 0 Å². The Balaban J connectivity index is 1.42. The number of amides is 1. The van der Waals surface area contributed by atoms with Crippen molar-refractivity contribution in [3.63, 3.8) is 0 Å². The van der Waals surface area contributed by atoms with Gasteiger partial charge in [0, 0.05) is 39.3 Å². The van der Waals surface area contributed by atoms with Crippen LogP contribution >= 0.6 is 0 Å². The second-order valence-electron chi connectivity index (χ2n) is 7.23. The third kappa shape index (κ3) is 3.89. The molecular weight excluding hydrogens is 401 g/mol. The largest absolute Gasteiger partial charge is 0.338 e. The summed E-state index contributed by atoms with van der Waals surface area (Å²) in [5.74, 6) is -0.848. The van der Waals surface area contributed by atoms with Crippen LogP contribution < -0.4 is 5.56 Å². The van der Waals surface area contributed by atoms with Crippen molar-refractivity contribution in [1.29, 1.82) is 0 Å². The highest BCUT2D eigenvalue weighted by atomic mass is 32.2. The zero-order valence-corrected chi connectivity index (χ0v) is 16.6. The van der Waals surface area contributed by atoms with Crippen LogP contribution in [-0.2, 0) is 21.5 Å². The SMILES string of the molecule is O=C(Cn1cnc2ccc(F)cc2c1=O)N1CCN(S(=O)(=O)N2CCCC2)CC1. The van der Waals surface area contributed by atoms with E-state index < -0.39 is 21.6 Å². The van der Waals surface area contributed by atoms with Crippen molar-refractivity contribution >= 4 is 27.0 Å². The molecule has 0 spiro atoms. The van der Waals surface area contributed by atoms with Crippen molar-refractivity contribution in [2.45, 2.75) is 19.4 Å². The van der Waals surface area contributed by atoms with E-state index in [1.165, 1.54) is 32.0 Å². The standard InChI is InChI=1S/C18H22FN5O4S/c19-14-3-4-16-15(11-14)18(26)22(13-20-16)12-17(25)21-7-9-24(10-8-21)29(27,28)23-5-1-2-6-23/h3-4,11,13H,1-2,5-10,12H2. The minimum absolute atomic E-state index is 0.113. The number of benzene rings is 1. The number of hydrogen-bond donors (Lipinski definition) is 0. The second-order valence-corrected chi connectivity index (χ2v) is 9.16. The first-order valence-electron chi connectivity index (χ1n) is 9.54. The molecule has 0 unspecified atom stereocenters. The van der Waals surface area contributed by atoms with E-state index in [0.29, 0.717) is 18.6 Å². The Kier molecular flexibility index (Phi) is 5.36. The van der Waals surface area contributed by atoms with Crippen molar-refractivity contribution in [3.8, 4) is 0 Å². The van der Waals surface area contributed by atoms with E-state index in [1.807, 2.05) is 0 Å². The van der Waals surface area contributed by atoms with Crippen LogP contribution in [-0.4, -0.2) is 76.7 Å². The van der Waals surface area contributed by atoms with Gasteiger partial charge in [-0.1, -0.05) is 0 Å². The van der Waals surface area contributed by atoms with Crippen LogP contribution in [0.5, 0.6) is 0 Å². The van der Waals surface area contributed by atoms with Crippen LogP contribution in [0.4, 0.5) is 4.39 Å². The molecule has 1 amide bonds. The van der Waals surface area contributed by atoms with Gasteiger partial charge >= 0.3 is 0 Å². The monoisotopic (exact) mass is 423 g/mol. The van der Waals surface area contributed by atoms with Gasteiger partial charge < -0.3 is 4.90 Å². The summed E-state index contributed by atoms with van der Waals surface area (Å²) in [6.45, 7) is 1.82. The lowest BCUT2D eigenvalue weighted by atomic mass is 10.2. The molecule has 9 nitrogen and oxygen atoms in total. The molecule has 1 aromatic heterocycles. The zero-order chi connectivity index (χ0) is 20.6. The Bertz CT molecular complexity index is 1090. The smallest absolute Gasteiger partial charge is 0.282 e. The molecule has 2 aliphatic heterocycles. The average molecular weight is 423 g/mol. The highest BCUT2D eigenvalue weighted by Gasteiger charge is 2.34. The van der Waals surface area contributed by atoms with Gasteiger partial charge in [-0.05, 0) is 31.0 Å². The van der Waals surface area contributed by atoms with Gasteiger partial charge in [0.05, 0.1) is 17.2 Å². The molecule has 0 aliphatic carbocycles. The number of halogens is 1. The molecule has 0 N–H and O–H groups in total. The molecule has 29 heavy (non-hydrogen) atoms. The first-order valence-corrected chi connectivity index (χ1v) is 10.9. The first-order chi connectivity index (χ1) is 13.9. The lowest BCUT2D eigenvalue weighted by Gasteiger charge is -2.35. The summed E-state index contributed by atoms with van der Waals surface area (Å²) in [6, 6.07) is 3.74. The van der Waals surface area contributed by atoms with Crippen LogP contribution in [0.1, 0.15) is 12.8 Å². The van der Waals surface area contributed by atoms with Gasteiger partial charge in [-0.25, -0.2) is 9.37 Å². The summed E-state index contributed by atoms with van der Waals surface area (Å²) in [5, 5.41) is 0.113. The zero-order valence-electron chi connectivity index (χ0n) is 15.8. The van der Waals surface area contributed by atoms with Crippen molar-refractivity contribution in [1.82, 2.24) is 23.1 Å². The van der Waals surface area contributed by atoms with Gasteiger partial charge in [0.15, 0.2) is 0 Å². The number of piperazine rings is 1. The van der Waals surface area contributed by atoms with Crippen molar-refractivity contribution in [2.75, 3.05) is 39.3 Å². The van der Waals surface area contributed by atoms with Crippen molar-refractivity contribution < 1.29 is 17.6 Å². The Morgan fingerprint density at radius 1 is 1.03 bits per heavy atom. The predicted octanol–water partition coefficient (Wildman–Crippen LogP) is 0.0204. The molecule has 3 heterocycles. The molecule has 2 fully saturated rings. The highest BCUT2D eigenvalue weighted by Crippen LogP contribution is 2.18. The quantitative estimate of drug-likeness (QED) is 0.691. The Hall–Kier alpha value is -2.37. The molecule has 2 aromatic rings. The maximum Gasteiger partial charge on any atom is 0.282 e. The Labute approximate surface area is 167 Å². The van der Waals surface area contributed by atoms with E-state index in [-0.39, 0.29) is 44.0 Å². The van der Waals surface area contributed by atoms with E-state index in [2.05, 4.69) is 4.98 Å². The molecule has 2 saturated heterocycles. The molecule has 0 bridgehead atoms. The van der Waals surface area contributed by atoms with E-state index in [1.54, 1.807) is 0 Å². The number of aromatic nitrogens is 2. The molecular formula is C18H22FN5O4S. The van der Waals surface area contributed by atoms with Crippen LogP contribution in [0.2, 0.25) is 0 Å². The minimum atomic E-state index is -3.48. The summed E-state index contributed by atoms with van der Waals surface area (Å²) in [5.41, 5.74) is -0.126. The lowest BCUT2D eigenvalue weighted by Crippen LogP contribution is -2.54. The third-order valence-corrected chi connectivity index (χ3v) is 7.44. The van der Waals surface area contributed by atoms with E-state index >= 15 is 0 Å². The summed E-state index contributed by atoms with van der Waals surface area (Å²) in [7, 11) is -3.48. The van der Waals surface area contributed by atoms with Crippen LogP contribution in [0.25, 0.3) is 10.9 Å². The van der Waals surface area contributed by atoms with Crippen LogP contribution in [0.15, 0.2) is 29.3 Å². The fourth-order valence-electron chi connectivity index (χ4n) is 3.74. The minimum Gasteiger partial charge on any atom is -0.338 e. The molecule has 11 heteroatoms. The maximum atomic E-state index is 13.4. The van der Waals surface area contributed by atoms with Gasteiger partial charge in [0.2, 0.25) is 5.91 Å². The topological polar surface area (TPSA) is 95.8 Å². The van der Waals surface area contributed by atoms with Crippen LogP contribution in [0.3, 0.4) is 0 Å². The van der Waals surface area contributed by atoms with Crippen molar-refractivity contribution in [3.05, 3.63) is 40.7 Å². The van der Waals surface area contributed by atoms with Crippen LogP contribution in [0, 0.1) is 5.82 Å². The summed E-state index contributed by atoms with van der Waals surface area (Å²) in [6.07, 6.45) is 3.01. The van der Waals surface area contributed by atoms with Gasteiger partial charge in [-0.15, -0.1) is 0 Å². The molecule has 0 atom stereocenters. The predicted molar refractivity (Wildman–Crippen MR) is 104 cm³/mol. The summed E-state index contributed by atoms with van der Waals surface area (Å²) < 4.78 is 42.7. The number of hydrogen-bond acceptors (Lipinski definition) is 5. The van der Waals surface area contributed by atoms with E-state index in [0.717, 1.165) is 23.5 Å². The summed E-state index contributed by atoms with van der Waals surface area (Å²) in [4.78, 5) is 30.8. The maximum absolute atomic E-state index is 13.4. The fourth-order valence-corrected chi connectivity index (χ4v) is 5.41. The number of carbonyl (C=O) groups excluding carboxylic acids is 1. The lowest BCUT2D eigenvalue weighted by molar-refractivity contribution is -0.133.